The molecule has 0 fully saturated rings. The Labute approximate surface area is 243 Å². The lowest BCUT2D eigenvalue weighted by Gasteiger charge is -2.32. The highest BCUT2D eigenvalue weighted by molar-refractivity contribution is 9.10. The molecule has 8 heteroatoms. The van der Waals surface area contributed by atoms with Crippen molar-refractivity contribution in [3.63, 3.8) is 0 Å². The van der Waals surface area contributed by atoms with Crippen LogP contribution in [0.15, 0.2) is 65.1 Å². The van der Waals surface area contributed by atoms with E-state index in [9.17, 15) is 9.59 Å². The molecule has 3 aromatic carbocycles. The van der Waals surface area contributed by atoms with Crippen molar-refractivity contribution in [2.75, 3.05) is 13.2 Å². The number of hydrogen-bond donors (Lipinski definition) is 1. The Balaban J connectivity index is 1.94. The molecular weight excluding hydrogens is 587 g/mol. The van der Waals surface area contributed by atoms with Gasteiger partial charge in [0.05, 0.1) is 0 Å². The van der Waals surface area contributed by atoms with Crippen molar-refractivity contribution in [2.24, 2.45) is 5.92 Å². The summed E-state index contributed by atoms with van der Waals surface area (Å²) in [5.74, 6) is 0.300. The zero-order chi connectivity index (χ0) is 27.8. The van der Waals surface area contributed by atoms with Crippen molar-refractivity contribution in [1.82, 2.24) is 10.2 Å². The van der Waals surface area contributed by atoms with E-state index in [1.165, 1.54) is 0 Å². The van der Waals surface area contributed by atoms with Gasteiger partial charge >= 0.3 is 0 Å². The summed E-state index contributed by atoms with van der Waals surface area (Å²) < 4.78 is 6.93. The van der Waals surface area contributed by atoms with Gasteiger partial charge in [0.1, 0.15) is 11.8 Å². The van der Waals surface area contributed by atoms with Gasteiger partial charge < -0.3 is 15.0 Å². The van der Waals surface area contributed by atoms with Gasteiger partial charge in [-0.05, 0) is 66.3 Å². The predicted molar refractivity (Wildman–Crippen MR) is 158 cm³/mol. The largest absolute Gasteiger partial charge is 0.484 e. The van der Waals surface area contributed by atoms with Crippen molar-refractivity contribution in [3.05, 3.63) is 97.4 Å². The topological polar surface area (TPSA) is 58.6 Å². The van der Waals surface area contributed by atoms with Gasteiger partial charge in [0, 0.05) is 34.0 Å². The van der Waals surface area contributed by atoms with E-state index in [2.05, 4.69) is 21.2 Å². The highest BCUT2D eigenvalue weighted by Gasteiger charge is 2.31. The monoisotopic (exact) mass is 618 g/mol. The normalized spacial score (nSPS) is 11.8. The predicted octanol–water partition coefficient (Wildman–Crippen LogP) is 7.16. The Bertz CT molecular complexity index is 1240. The van der Waals surface area contributed by atoms with Gasteiger partial charge in [-0.1, -0.05) is 89.4 Å². The van der Waals surface area contributed by atoms with Gasteiger partial charge in [-0.2, -0.15) is 0 Å². The summed E-state index contributed by atoms with van der Waals surface area (Å²) in [6.07, 6.45) is 0.345. The lowest BCUT2D eigenvalue weighted by atomic mass is 10.0. The molecule has 0 aromatic heterocycles. The fourth-order valence-electron chi connectivity index (χ4n) is 4.03. The molecule has 0 saturated heterocycles. The SMILES string of the molecule is Cc1cc(OCC(=O)N(Cc2ccc(Cl)cc2Cl)[C@H](Cc2ccccc2)C(=O)NCC(C)C)cc(C)c1Br. The third kappa shape index (κ3) is 8.48. The Kier molecular flexibility index (Phi) is 11.1. The lowest BCUT2D eigenvalue weighted by molar-refractivity contribution is -0.142. The molecule has 202 valence electrons. The number of halogens is 3. The van der Waals surface area contributed by atoms with Crippen molar-refractivity contribution < 1.29 is 14.3 Å². The second-order valence-electron chi connectivity index (χ2n) is 9.76. The molecule has 3 rings (SSSR count). The summed E-state index contributed by atoms with van der Waals surface area (Å²) in [5, 5.41) is 3.93. The third-order valence-electron chi connectivity index (χ3n) is 6.08. The van der Waals surface area contributed by atoms with E-state index in [-0.39, 0.29) is 30.9 Å². The average molecular weight is 620 g/mol. The van der Waals surface area contributed by atoms with Crippen LogP contribution in [-0.4, -0.2) is 35.9 Å². The number of carbonyl (C=O) groups excluding carboxylic acids is 2. The van der Waals surface area contributed by atoms with E-state index in [1.807, 2.05) is 70.2 Å². The molecule has 1 atom stereocenters. The maximum absolute atomic E-state index is 13.8. The van der Waals surface area contributed by atoms with Gasteiger partial charge in [0.2, 0.25) is 5.91 Å². The van der Waals surface area contributed by atoms with Crippen molar-refractivity contribution in [3.8, 4) is 5.75 Å². The van der Waals surface area contributed by atoms with Crippen LogP contribution in [0.1, 0.15) is 36.1 Å². The quantitative estimate of drug-likeness (QED) is 0.248. The number of aryl methyl sites for hydroxylation is 2. The van der Waals surface area contributed by atoms with Crippen molar-refractivity contribution >= 4 is 50.9 Å². The minimum absolute atomic E-state index is 0.128. The molecule has 0 bridgehead atoms. The summed E-state index contributed by atoms with van der Waals surface area (Å²) in [6.45, 7) is 8.39. The van der Waals surface area contributed by atoms with E-state index >= 15 is 0 Å². The average Bonchev–Trinajstić information content (AvgIpc) is 2.88. The fraction of sp³-hybridized carbons (Fsp3) is 0.333. The molecule has 0 aliphatic rings. The smallest absolute Gasteiger partial charge is 0.261 e. The van der Waals surface area contributed by atoms with Crippen LogP contribution in [0.4, 0.5) is 0 Å². The second kappa shape index (κ2) is 14.0. The summed E-state index contributed by atoms with van der Waals surface area (Å²) in [7, 11) is 0. The molecule has 0 radical (unpaired) electrons. The maximum Gasteiger partial charge on any atom is 0.261 e. The molecule has 0 unspecified atom stereocenters. The van der Waals surface area contributed by atoms with Crippen LogP contribution in [0.25, 0.3) is 0 Å². The molecule has 0 spiro atoms. The Morgan fingerprint density at radius 3 is 2.26 bits per heavy atom. The molecule has 0 heterocycles. The minimum Gasteiger partial charge on any atom is -0.484 e. The molecule has 0 aliphatic heterocycles. The molecule has 0 saturated carbocycles. The summed E-state index contributed by atoms with van der Waals surface area (Å²) >= 11 is 16.2. The number of ether oxygens (including phenoxy) is 1. The van der Waals surface area contributed by atoms with Crippen molar-refractivity contribution in [2.45, 2.75) is 46.7 Å². The number of rotatable bonds is 11. The standard InChI is InChI=1S/C30H33BrCl2N2O3/c1-19(2)16-34-30(37)27(14-22-8-6-5-7-9-22)35(17-23-10-11-24(32)15-26(23)33)28(36)18-38-25-12-20(3)29(31)21(4)13-25/h5-13,15,19,27H,14,16-18H2,1-4H3,(H,34,37)/t27-/m1/s1. The molecule has 2 amide bonds. The van der Waals surface area contributed by atoms with Crippen molar-refractivity contribution in [1.29, 1.82) is 0 Å². The highest BCUT2D eigenvalue weighted by Crippen LogP contribution is 2.27. The van der Waals surface area contributed by atoms with E-state index < -0.39 is 6.04 Å². The zero-order valence-electron chi connectivity index (χ0n) is 22.1. The van der Waals surface area contributed by atoms with E-state index in [0.29, 0.717) is 34.3 Å². The molecular formula is C30H33BrCl2N2O3. The zero-order valence-corrected chi connectivity index (χ0v) is 25.2. The first-order valence-electron chi connectivity index (χ1n) is 12.5. The molecule has 0 aliphatic carbocycles. The summed E-state index contributed by atoms with van der Waals surface area (Å²) in [6, 6.07) is 17.8. The van der Waals surface area contributed by atoms with Crippen LogP contribution < -0.4 is 10.1 Å². The van der Waals surface area contributed by atoms with Crippen LogP contribution in [0.2, 0.25) is 10.0 Å². The molecule has 1 N–H and O–H groups in total. The molecule has 5 nitrogen and oxygen atoms in total. The minimum atomic E-state index is -0.771. The molecule has 3 aromatic rings. The van der Waals surface area contributed by atoms with Crippen LogP contribution in [0.5, 0.6) is 5.75 Å². The number of amides is 2. The lowest BCUT2D eigenvalue weighted by Crippen LogP contribution is -2.52. The van der Waals surface area contributed by atoms with Crippen LogP contribution in [0.3, 0.4) is 0 Å². The number of nitrogens with zero attached hydrogens (tertiary/aromatic N) is 1. The summed E-state index contributed by atoms with van der Waals surface area (Å²) in [5.41, 5.74) is 3.64. The fourth-order valence-corrected chi connectivity index (χ4v) is 4.72. The number of hydrogen-bond acceptors (Lipinski definition) is 3. The summed E-state index contributed by atoms with van der Waals surface area (Å²) in [4.78, 5) is 28.8. The van der Waals surface area contributed by atoms with Crippen LogP contribution in [-0.2, 0) is 22.6 Å². The highest BCUT2D eigenvalue weighted by atomic mass is 79.9. The first kappa shape index (κ1) is 30.0. The maximum atomic E-state index is 13.8. The Morgan fingerprint density at radius 1 is 1.00 bits per heavy atom. The number of benzene rings is 3. The van der Waals surface area contributed by atoms with Gasteiger partial charge in [0.15, 0.2) is 6.61 Å². The van der Waals surface area contributed by atoms with Gasteiger partial charge in [-0.3, -0.25) is 9.59 Å². The first-order chi connectivity index (χ1) is 18.0. The molecule has 38 heavy (non-hydrogen) atoms. The van der Waals surface area contributed by atoms with Gasteiger partial charge in [-0.25, -0.2) is 0 Å². The van der Waals surface area contributed by atoms with E-state index in [1.54, 1.807) is 23.1 Å². The Hall–Kier alpha value is -2.54. The van der Waals surface area contributed by atoms with Gasteiger partial charge in [-0.15, -0.1) is 0 Å². The van der Waals surface area contributed by atoms with E-state index in [4.69, 9.17) is 27.9 Å². The second-order valence-corrected chi connectivity index (χ2v) is 11.4. The number of nitrogens with one attached hydrogen (secondary N) is 1. The van der Waals surface area contributed by atoms with E-state index in [0.717, 1.165) is 21.2 Å². The van der Waals surface area contributed by atoms with Crippen LogP contribution in [0, 0.1) is 19.8 Å². The third-order valence-corrected chi connectivity index (χ3v) is 7.92. The first-order valence-corrected chi connectivity index (χ1v) is 14.0. The number of carbonyl (C=O) groups is 2. The Morgan fingerprint density at radius 2 is 1.66 bits per heavy atom. The van der Waals surface area contributed by atoms with Crippen LogP contribution >= 0.6 is 39.1 Å². The van der Waals surface area contributed by atoms with Gasteiger partial charge in [0.25, 0.3) is 5.91 Å².